The molecule has 1 aliphatic rings. The van der Waals surface area contributed by atoms with Crippen molar-refractivity contribution < 1.29 is 13.2 Å². The van der Waals surface area contributed by atoms with Gasteiger partial charge in [-0.15, -0.1) is 0 Å². The van der Waals surface area contributed by atoms with Crippen molar-refractivity contribution in [1.29, 1.82) is 0 Å². The number of amides is 1. The average molecular weight is 269 g/mol. The van der Waals surface area contributed by atoms with Crippen LogP contribution in [0.3, 0.4) is 0 Å². The number of aromatic nitrogens is 1. The van der Waals surface area contributed by atoms with Crippen LogP contribution in [0.25, 0.3) is 0 Å². The molecule has 0 aromatic carbocycles. The third-order valence-electron chi connectivity index (χ3n) is 2.85. The van der Waals surface area contributed by atoms with Crippen LogP contribution >= 0.6 is 0 Å². The lowest BCUT2D eigenvalue weighted by Crippen LogP contribution is -2.34. The fraction of sp³-hybridized carbons (Fsp3) is 0.455. The molecule has 1 amide bonds. The molecule has 98 valence electrons. The fourth-order valence-electron chi connectivity index (χ4n) is 1.84. The second-order valence-corrected chi connectivity index (χ2v) is 6.58. The molecule has 1 aromatic rings. The first-order valence-electron chi connectivity index (χ1n) is 5.69. The summed E-state index contributed by atoms with van der Waals surface area (Å²) >= 11 is 0. The SMILES string of the molecule is Nc1ccc(C(=O)N2CCCS(=O)(=O)CC2)nc1. The number of pyridine rings is 1. The van der Waals surface area contributed by atoms with E-state index in [-0.39, 0.29) is 24.0 Å². The lowest BCUT2D eigenvalue weighted by Gasteiger charge is -2.19. The summed E-state index contributed by atoms with van der Waals surface area (Å²) in [6, 6.07) is 3.16. The number of carbonyl (C=O) groups excluding carboxylic acids is 1. The van der Waals surface area contributed by atoms with Gasteiger partial charge in [0.05, 0.1) is 23.4 Å². The standard InChI is InChI=1S/C11H15N3O3S/c12-9-2-3-10(13-8-9)11(15)14-4-1-6-18(16,17)7-5-14/h2-3,8H,1,4-7,12H2. The van der Waals surface area contributed by atoms with Crippen LogP contribution in [0.15, 0.2) is 18.3 Å². The van der Waals surface area contributed by atoms with Gasteiger partial charge in [-0.2, -0.15) is 0 Å². The number of nitrogen functional groups attached to an aromatic ring is 1. The molecular formula is C11H15N3O3S. The Balaban J connectivity index is 2.12. The van der Waals surface area contributed by atoms with Crippen molar-refractivity contribution in [2.24, 2.45) is 0 Å². The minimum Gasteiger partial charge on any atom is -0.397 e. The monoisotopic (exact) mass is 269 g/mol. The highest BCUT2D eigenvalue weighted by Gasteiger charge is 2.23. The van der Waals surface area contributed by atoms with Crippen LogP contribution in [0.4, 0.5) is 5.69 Å². The van der Waals surface area contributed by atoms with Crippen LogP contribution in [0, 0.1) is 0 Å². The molecular weight excluding hydrogens is 254 g/mol. The lowest BCUT2D eigenvalue weighted by atomic mass is 10.3. The second kappa shape index (κ2) is 4.93. The molecule has 0 atom stereocenters. The number of nitrogens with zero attached hydrogens (tertiary/aromatic N) is 2. The Hall–Kier alpha value is -1.63. The number of rotatable bonds is 1. The Kier molecular flexibility index (Phi) is 3.51. The van der Waals surface area contributed by atoms with Gasteiger partial charge in [0.25, 0.3) is 5.91 Å². The largest absolute Gasteiger partial charge is 0.397 e. The van der Waals surface area contributed by atoms with E-state index in [1.165, 1.54) is 11.1 Å². The van der Waals surface area contributed by atoms with Gasteiger partial charge in [-0.05, 0) is 18.6 Å². The van der Waals surface area contributed by atoms with E-state index in [2.05, 4.69) is 4.98 Å². The normalized spacial score (nSPS) is 19.2. The molecule has 7 heteroatoms. The van der Waals surface area contributed by atoms with Crippen LogP contribution in [0.5, 0.6) is 0 Å². The zero-order valence-electron chi connectivity index (χ0n) is 9.87. The summed E-state index contributed by atoms with van der Waals surface area (Å²) < 4.78 is 22.9. The first-order valence-corrected chi connectivity index (χ1v) is 7.51. The highest BCUT2D eigenvalue weighted by Crippen LogP contribution is 2.10. The van der Waals surface area contributed by atoms with Crippen LogP contribution < -0.4 is 5.73 Å². The summed E-state index contributed by atoms with van der Waals surface area (Å²) in [4.78, 5) is 17.6. The highest BCUT2D eigenvalue weighted by atomic mass is 32.2. The molecule has 1 fully saturated rings. The topological polar surface area (TPSA) is 93.4 Å². The second-order valence-electron chi connectivity index (χ2n) is 4.27. The fourth-order valence-corrected chi connectivity index (χ4v) is 3.11. The highest BCUT2D eigenvalue weighted by molar-refractivity contribution is 7.91. The number of anilines is 1. The van der Waals surface area contributed by atoms with E-state index in [9.17, 15) is 13.2 Å². The van der Waals surface area contributed by atoms with E-state index >= 15 is 0 Å². The summed E-state index contributed by atoms with van der Waals surface area (Å²) in [6.07, 6.45) is 1.89. The van der Waals surface area contributed by atoms with E-state index in [1.807, 2.05) is 0 Å². The Bertz CT molecular complexity index is 539. The van der Waals surface area contributed by atoms with Crippen LogP contribution in [0.2, 0.25) is 0 Å². The molecule has 0 aliphatic carbocycles. The number of carbonyl (C=O) groups is 1. The van der Waals surface area contributed by atoms with Crippen molar-refractivity contribution in [1.82, 2.24) is 9.88 Å². The molecule has 2 heterocycles. The molecule has 18 heavy (non-hydrogen) atoms. The van der Waals surface area contributed by atoms with Crippen molar-refractivity contribution in [3.05, 3.63) is 24.0 Å². The minimum atomic E-state index is -3.01. The maximum atomic E-state index is 12.1. The molecule has 2 N–H and O–H groups in total. The predicted molar refractivity (Wildman–Crippen MR) is 67.8 cm³/mol. The van der Waals surface area contributed by atoms with Gasteiger partial charge in [-0.3, -0.25) is 4.79 Å². The molecule has 0 unspecified atom stereocenters. The number of sulfone groups is 1. The maximum Gasteiger partial charge on any atom is 0.272 e. The van der Waals surface area contributed by atoms with E-state index in [4.69, 9.17) is 5.73 Å². The Labute approximate surface area is 106 Å². The summed E-state index contributed by atoms with van der Waals surface area (Å²) in [5.74, 6) is -0.0771. The van der Waals surface area contributed by atoms with E-state index in [1.54, 1.807) is 12.1 Å². The Morgan fingerprint density at radius 1 is 1.28 bits per heavy atom. The van der Waals surface area contributed by atoms with Crippen LogP contribution in [0.1, 0.15) is 16.9 Å². The number of hydrogen-bond donors (Lipinski definition) is 1. The Morgan fingerprint density at radius 3 is 2.72 bits per heavy atom. The predicted octanol–water partition coefficient (Wildman–Crippen LogP) is -0.0755. The van der Waals surface area contributed by atoms with Gasteiger partial charge in [0.15, 0.2) is 9.84 Å². The Morgan fingerprint density at radius 2 is 2.06 bits per heavy atom. The van der Waals surface area contributed by atoms with Crippen LogP contribution in [-0.4, -0.2) is 48.8 Å². The number of nitrogens with two attached hydrogens (primary N) is 1. The third-order valence-corrected chi connectivity index (χ3v) is 4.56. The average Bonchev–Trinajstić information content (AvgIpc) is 2.50. The quantitative estimate of drug-likeness (QED) is 0.770. The first-order chi connectivity index (χ1) is 8.48. The van der Waals surface area contributed by atoms with Gasteiger partial charge in [0.1, 0.15) is 5.69 Å². The zero-order valence-corrected chi connectivity index (χ0v) is 10.7. The first kappa shape index (κ1) is 12.8. The molecule has 0 radical (unpaired) electrons. The maximum absolute atomic E-state index is 12.1. The molecule has 1 aliphatic heterocycles. The molecule has 0 bridgehead atoms. The van der Waals surface area contributed by atoms with Crippen molar-refractivity contribution >= 4 is 21.4 Å². The molecule has 2 rings (SSSR count). The van der Waals surface area contributed by atoms with E-state index in [0.29, 0.717) is 24.3 Å². The van der Waals surface area contributed by atoms with Crippen LogP contribution in [-0.2, 0) is 9.84 Å². The third kappa shape index (κ3) is 2.98. The molecule has 6 nitrogen and oxygen atoms in total. The molecule has 0 spiro atoms. The smallest absolute Gasteiger partial charge is 0.272 e. The van der Waals surface area contributed by atoms with Gasteiger partial charge >= 0.3 is 0 Å². The number of hydrogen-bond acceptors (Lipinski definition) is 5. The van der Waals surface area contributed by atoms with Crippen molar-refractivity contribution in [2.75, 3.05) is 30.3 Å². The molecule has 1 aromatic heterocycles. The molecule has 1 saturated heterocycles. The zero-order chi connectivity index (χ0) is 13.2. The van der Waals surface area contributed by atoms with E-state index < -0.39 is 9.84 Å². The summed E-state index contributed by atoms with van der Waals surface area (Å²) in [5, 5.41) is 0. The molecule has 0 saturated carbocycles. The van der Waals surface area contributed by atoms with Gasteiger partial charge in [-0.1, -0.05) is 0 Å². The van der Waals surface area contributed by atoms with Gasteiger partial charge < -0.3 is 10.6 Å². The summed E-state index contributed by atoms with van der Waals surface area (Å²) in [7, 11) is -3.01. The summed E-state index contributed by atoms with van der Waals surface area (Å²) in [5.41, 5.74) is 6.28. The summed E-state index contributed by atoms with van der Waals surface area (Å²) in [6.45, 7) is 0.678. The van der Waals surface area contributed by atoms with Crippen molar-refractivity contribution in [3.8, 4) is 0 Å². The lowest BCUT2D eigenvalue weighted by molar-refractivity contribution is 0.0762. The minimum absolute atomic E-state index is 0.0215. The van der Waals surface area contributed by atoms with Gasteiger partial charge in [-0.25, -0.2) is 13.4 Å². The van der Waals surface area contributed by atoms with Gasteiger partial charge in [0.2, 0.25) is 0 Å². The van der Waals surface area contributed by atoms with E-state index in [0.717, 1.165) is 0 Å². The van der Waals surface area contributed by atoms with Crippen molar-refractivity contribution in [2.45, 2.75) is 6.42 Å². The van der Waals surface area contributed by atoms with Gasteiger partial charge in [0, 0.05) is 13.1 Å². The van der Waals surface area contributed by atoms with Crippen molar-refractivity contribution in [3.63, 3.8) is 0 Å².